The van der Waals surface area contributed by atoms with Gasteiger partial charge in [0.1, 0.15) is 0 Å². The summed E-state index contributed by atoms with van der Waals surface area (Å²) < 4.78 is 0. The van der Waals surface area contributed by atoms with Gasteiger partial charge in [0.2, 0.25) is 0 Å². The van der Waals surface area contributed by atoms with Crippen LogP contribution in [0.25, 0.3) is 0 Å². The van der Waals surface area contributed by atoms with Crippen LogP contribution in [0.4, 0.5) is 0 Å². The van der Waals surface area contributed by atoms with Gasteiger partial charge < -0.3 is 0 Å². The summed E-state index contributed by atoms with van der Waals surface area (Å²) in [5.41, 5.74) is 0.628. The lowest BCUT2D eigenvalue weighted by atomic mass is 9.80. The van der Waals surface area contributed by atoms with Gasteiger partial charge in [-0.1, -0.05) is 48.0 Å². The van der Waals surface area contributed by atoms with Crippen molar-refractivity contribution in [1.82, 2.24) is 0 Å². The summed E-state index contributed by atoms with van der Waals surface area (Å²) in [6.07, 6.45) is 9.07. The van der Waals surface area contributed by atoms with Crippen molar-refractivity contribution in [3.63, 3.8) is 0 Å². The van der Waals surface area contributed by atoms with E-state index in [2.05, 4.69) is 41.5 Å². The van der Waals surface area contributed by atoms with Crippen LogP contribution in [0, 0.1) is 52.8 Å². The molecule has 0 amide bonds. The lowest BCUT2D eigenvalue weighted by molar-refractivity contribution is 0.242. The van der Waals surface area contributed by atoms with Gasteiger partial charge in [-0.15, -0.1) is 0 Å². The number of rotatable bonds is 8. The molecule has 3 saturated carbocycles. The van der Waals surface area contributed by atoms with E-state index < -0.39 is 0 Å². The van der Waals surface area contributed by atoms with E-state index in [-0.39, 0.29) is 0 Å². The zero-order chi connectivity index (χ0) is 15.4. The molecular weight excluding hydrogens is 252 g/mol. The van der Waals surface area contributed by atoms with E-state index in [4.69, 9.17) is 0 Å². The van der Waals surface area contributed by atoms with Gasteiger partial charge in [-0.25, -0.2) is 0 Å². The van der Waals surface area contributed by atoms with Crippen molar-refractivity contribution in [2.24, 2.45) is 52.8 Å². The first-order valence-corrected chi connectivity index (χ1v) is 9.83. The molecule has 3 aliphatic rings. The summed E-state index contributed by atoms with van der Waals surface area (Å²) >= 11 is 0. The van der Waals surface area contributed by atoms with Gasteiger partial charge in [-0.2, -0.15) is 0 Å². The molecule has 0 N–H and O–H groups in total. The molecule has 7 unspecified atom stereocenters. The summed E-state index contributed by atoms with van der Waals surface area (Å²) in [7, 11) is 0. The Labute approximate surface area is 133 Å². The van der Waals surface area contributed by atoms with Crippen molar-refractivity contribution in [1.29, 1.82) is 0 Å². The number of hydrogen-bond acceptors (Lipinski definition) is 0. The molecule has 7 atom stereocenters. The Kier molecular flexibility index (Phi) is 4.21. The fourth-order valence-electron chi connectivity index (χ4n) is 5.64. The van der Waals surface area contributed by atoms with E-state index in [1.807, 2.05) is 0 Å². The summed E-state index contributed by atoms with van der Waals surface area (Å²) in [4.78, 5) is 0. The Morgan fingerprint density at radius 1 is 0.905 bits per heavy atom. The minimum Gasteiger partial charge on any atom is -0.0651 e. The highest BCUT2D eigenvalue weighted by Gasteiger charge is 2.51. The van der Waals surface area contributed by atoms with E-state index in [0.717, 1.165) is 47.3 Å². The maximum atomic E-state index is 2.56. The lowest BCUT2D eigenvalue weighted by Gasteiger charge is -2.25. The quantitative estimate of drug-likeness (QED) is 0.485. The number of hydrogen-bond donors (Lipinski definition) is 0. The third-order valence-electron chi connectivity index (χ3n) is 7.46. The molecule has 0 bridgehead atoms. The fraction of sp³-hybridized carbons (Fsp3) is 1.00. The molecule has 0 saturated heterocycles. The fourth-order valence-corrected chi connectivity index (χ4v) is 5.64. The molecular formula is C21H38. The van der Waals surface area contributed by atoms with Crippen LogP contribution >= 0.6 is 0 Å². The highest BCUT2D eigenvalue weighted by Crippen LogP contribution is 2.60. The first kappa shape index (κ1) is 15.9. The monoisotopic (exact) mass is 290 g/mol. The second-order valence-electron chi connectivity index (χ2n) is 9.98. The molecule has 0 aromatic rings. The smallest absolute Gasteiger partial charge is 0.0320 e. The SMILES string of the molecule is CCC1CC1C(C)(C)CC1CC1CC(C)C1CC1C(C)C. The van der Waals surface area contributed by atoms with Crippen LogP contribution in [0.15, 0.2) is 0 Å². The largest absolute Gasteiger partial charge is 0.0651 e. The Bertz CT molecular complexity index is 366. The Morgan fingerprint density at radius 2 is 1.62 bits per heavy atom. The van der Waals surface area contributed by atoms with Crippen LogP contribution in [-0.4, -0.2) is 0 Å². The van der Waals surface area contributed by atoms with E-state index >= 15 is 0 Å². The van der Waals surface area contributed by atoms with Crippen LogP contribution in [0.2, 0.25) is 0 Å². The predicted molar refractivity (Wildman–Crippen MR) is 92.1 cm³/mol. The molecule has 0 aliphatic heterocycles. The van der Waals surface area contributed by atoms with E-state index in [0.29, 0.717) is 5.41 Å². The molecule has 21 heavy (non-hydrogen) atoms. The molecule has 3 aliphatic carbocycles. The van der Waals surface area contributed by atoms with Crippen molar-refractivity contribution < 1.29 is 0 Å². The summed E-state index contributed by atoms with van der Waals surface area (Å²) in [5, 5.41) is 0. The van der Waals surface area contributed by atoms with Gasteiger partial charge in [0, 0.05) is 0 Å². The Morgan fingerprint density at radius 3 is 2.14 bits per heavy atom. The zero-order valence-corrected chi connectivity index (χ0v) is 15.4. The first-order valence-electron chi connectivity index (χ1n) is 9.83. The molecule has 0 heteroatoms. The van der Waals surface area contributed by atoms with Crippen LogP contribution < -0.4 is 0 Å². The summed E-state index contributed by atoms with van der Waals surface area (Å²) in [5.74, 6) is 8.34. The topological polar surface area (TPSA) is 0 Å². The van der Waals surface area contributed by atoms with Crippen LogP contribution in [0.3, 0.4) is 0 Å². The van der Waals surface area contributed by atoms with Gasteiger partial charge >= 0.3 is 0 Å². The van der Waals surface area contributed by atoms with Crippen LogP contribution in [-0.2, 0) is 0 Å². The van der Waals surface area contributed by atoms with E-state index in [9.17, 15) is 0 Å². The Hall–Kier alpha value is 0. The maximum Gasteiger partial charge on any atom is -0.0320 e. The average molecular weight is 291 g/mol. The van der Waals surface area contributed by atoms with Crippen molar-refractivity contribution in [3.05, 3.63) is 0 Å². The standard InChI is InChI=1S/C21H38/c1-7-15-10-20(15)21(5,6)12-17-9-16(17)8-14(4)19-11-18(19)13(2)3/h13-20H,7-12H2,1-6H3. The molecule has 0 spiro atoms. The molecule has 3 rings (SSSR count). The molecule has 0 heterocycles. The van der Waals surface area contributed by atoms with Crippen molar-refractivity contribution in [2.75, 3.05) is 0 Å². The minimum absolute atomic E-state index is 0.628. The van der Waals surface area contributed by atoms with Gasteiger partial charge in [0.05, 0.1) is 0 Å². The highest BCUT2D eigenvalue weighted by atomic mass is 14.6. The third kappa shape index (κ3) is 3.50. The maximum absolute atomic E-state index is 2.56. The van der Waals surface area contributed by atoms with E-state index in [1.165, 1.54) is 32.1 Å². The second kappa shape index (κ2) is 5.57. The van der Waals surface area contributed by atoms with Gasteiger partial charge in [0.25, 0.3) is 0 Å². The van der Waals surface area contributed by atoms with Gasteiger partial charge in [0.15, 0.2) is 0 Å². The molecule has 0 radical (unpaired) electrons. The van der Waals surface area contributed by atoms with Crippen molar-refractivity contribution in [3.8, 4) is 0 Å². The van der Waals surface area contributed by atoms with E-state index in [1.54, 1.807) is 6.42 Å². The van der Waals surface area contributed by atoms with Crippen LogP contribution in [0.5, 0.6) is 0 Å². The van der Waals surface area contributed by atoms with Crippen molar-refractivity contribution >= 4 is 0 Å². The summed E-state index contributed by atoms with van der Waals surface area (Å²) in [6.45, 7) is 14.9. The molecule has 0 nitrogen and oxygen atoms in total. The first-order chi connectivity index (χ1) is 9.83. The van der Waals surface area contributed by atoms with Gasteiger partial charge in [-0.3, -0.25) is 0 Å². The zero-order valence-electron chi connectivity index (χ0n) is 15.4. The Balaban J connectivity index is 1.39. The molecule has 3 fully saturated rings. The molecule has 0 aromatic heterocycles. The second-order valence-corrected chi connectivity index (χ2v) is 9.98. The molecule has 122 valence electrons. The minimum atomic E-state index is 0.628. The normalized spacial score (nSPS) is 43.0. The molecule has 0 aromatic carbocycles. The summed E-state index contributed by atoms with van der Waals surface area (Å²) in [6, 6.07) is 0. The highest BCUT2D eigenvalue weighted by molar-refractivity contribution is 5.01. The van der Waals surface area contributed by atoms with Crippen LogP contribution in [0.1, 0.15) is 80.1 Å². The lowest BCUT2D eigenvalue weighted by Crippen LogP contribution is -2.17. The predicted octanol–water partition coefficient (Wildman–Crippen LogP) is 6.40. The third-order valence-corrected chi connectivity index (χ3v) is 7.46. The van der Waals surface area contributed by atoms with Gasteiger partial charge in [-0.05, 0) is 84.9 Å². The average Bonchev–Trinajstić information content (AvgIpc) is 3.24. The van der Waals surface area contributed by atoms with Crippen molar-refractivity contribution in [2.45, 2.75) is 80.1 Å².